The molecule has 1 rings (SSSR count). The van der Waals surface area contributed by atoms with Crippen molar-refractivity contribution in [1.82, 2.24) is 0 Å². The van der Waals surface area contributed by atoms with Gasteiger partial charge in [0, 0.05) is 6.04 Å². The van der Waals surface area contributed by atoms with Crippen molar-refractivity contribution in [3.8, 4) is 0 Å². The average molecular weight is 151 g/mol. The zero-order valence-electron chi connectivity index (χ0n) is 6.62. The summed E-state index contributed by atoms with van der Waals surface area (Å²) in [5.41, 5.74) is 7.64. The molecule has 2 nitrogen and oxygen atoms in total. The molecule has 60 valence electrons. The van der Waals surface area contributed by atoms with Crippen LogP contribution in [0.1, 0.15) is 24.1 Å². The van der Waals surface area contributed by atoms with Gasteiger partial charge in [-0.2, -0.15) is 0 Å². The van der Waals surface area contributed by atoms with Gasteiger partial charge in [0.05, 0.1) is 6.61 Å². The van der Waals surface area contributed by atoms with Crippen LogP contribution in [-0.2, 0) is 6.61 Å². The van der Waals surface area contributed by atoms with E-state index < -0.39 is 0 Å². The second-order valence-electron chi connectivity index (χ2n) is 2.69. The number of aliphatic hydroxyl groups excluding tert-OH is 1. The lowest BCUT2D eigenvalue weighted by atomic mass is 10.1. The summed E-state index contributed by atoms with van der Waals surface area (Å²) in [6.07, 6.45) is 0. The van der Waals surface area contributed by atoms with Crippen LogP contribution >= 0.6 is 0 Å². The van der Waals surface area contributed by atoms with Gasteiger partial charge in [-0.3, -0.25) is 0 Å². The Morgan fingerprint density at radius 2 is 2.27 bits per heavy atom. The van der Waals surface area contributed by atoms with Crippen LogP contribution in [0.15, 0.2) is 24.3 Å². The number of nitrogens with two attached hydrogens (primary N) is 1. The van der Waals surface area contributed by atoms with Gasteiger partial charge < -0.3 is 10.8 Å². The van der Waals surface area contributed by atoms with Crippen LogP contribution in [0.5, 0.6) is 0 Å². The monoisotopic (exact) mass is 151 g/mol. The smallest absolute Gasteiger partial charge is 0.0681 e. The zero-order chi connectivity index (χ0) is 8.27. The summed E-state index contributed by atoms with van der Waals surface area (Å²) in [4.78, 5) is 0. The Morgan fingerprint density at radius 1 is 1.55 bits per heavy atom. The maximum Gasteiger partial charge on any atom is 0.0681 e. The predicted molar refractivity (Wildman–Crippen MR) is 45.0 cm³/mol. The molecule has 0 amide bonds. The number of rotatable bonds is 2. The highest BCUT2D eigenvalue weighted by Crippen LogP contribution is 2.11. The van der Waals surface area contributed by atoms with E-state index in [1.165, 1.54) is 0 Å². The standard InChI is InChI=1S/C9H13NO/c1-7(10)9-4-2-3-8(5-9)6-11/h2-5,7,11H,6,10H2,1H3. The minimum absolute atomic E-state index is 0.0431. The fraction of sp³-hybridized carbons (Fsp3) is 0.333. The van der Waals surface area contributed by atoms with Gasteiger partial charge in [-0.25, -0.2) is 0 Å². The Kier molecular flexibility index (Phi) is 2.63. The molecule has 0 aliphatic rings. The molecule has 0 heterocycles. The number of aliphatic hydroxyl groups is 1. The molecule has 2 heteroatoms. The highest BCUT2D eigenvalue weighted by Gasteiger charge is 1.98. The largest absolute Gasteiger partial charge is 0.392 e. The van der Waals surface area contributed by atoms with Gasteiger partial charge in [0.1, 0.15) is 0 Å². The first kappa shape index (κ1) is 8.24. The molecule has 0 aliphatic carbocycles. The summed E-state index contributed by atoms with van der Waals surface area (Å²) >= 11 is 0. The van der Waals surface area contributed by atoms with Crippen molar-refractivity contribution in [1.29, 1.82) is 0 Å². The van der Waals surface area contributed by atoms with Crippen molar-refractivity contribution in [2.75, 3.05) is 0 Å². The molecule has 1 atom stereocenters. The first-order valence-corrected chi connectivity index (χ1v) is 3.69. The minimum atomic E-state index is 0.0431. The van der Waals surface area contributed by atoms with Crippen LogP contribution in [0.4, 0.5) is 0 Å². The maximum absolute atomic E-state index is 8.80. The van der Waals surface area contributed by atoms with Crippen molar-refractivity contribution < 1.29 is 5.11 Å². The van der Waals surface area contributed by atoms with E-state index >= 15 is 0 Å². The SMILES string of the molecule is CC(N)c1cccc(CO)c1. The van der Waals surface area contributed by atoms with Crippen LogP contribution in [0, 0.1) is 0 Å². The molecule has 1 aromatic carbocycles. The van der Waals surface area contributed by atoms with Gasteiger partial charge in [-0.05, 0) is 18.1 Å². The van der Waals surface area contributed by atoms with Gasteiger partial charge in [0.15, 0.2) is 0 Å². The summed E-state index contributed by atoms with van der Waals surface area (Å²) in [5.74, 6) is 0. The topological polar surface area (TPSA) is 46.2 Å². The van der Waals surface area contributed by atoms with Gasteiger partial charge in [-0.1, -0.05) is 24.3 Å². The predicted octanol–water partition coefficient (Wildman–Crippen LogP) is 1.20. The van der Waals surface area contributed by atoms with Gasteiger partial charge in [0.25, 0.3) is 0 Å². The summed E-state index contributed by atoms with van der Waals surface area (Å²) in [6, 6.07) is 7.71. The Hall–Kier alpha value is -0.860. The van der Waals surface area contributed by atoms with E-state index in [2.05, 4.69) is 0 Å². The van der Waals surface area contributed by atoms with Gasteiger partial charge in [0.2, 0.25) is 0 Å². The quantitative estimate of drug-likeness (QED) is 0.667. The molecule has 0 saturated carbocycles. The molecule has 0 aromatic heterocycles. The second-order valence-corrected chi connectivity index (χ2v) is 2.69. The maximum atomic E-state index is 8.80. The Bertz CT molecular complexity index is 233. The first-order chi connectivity index (χ1) is 5.24. The van der Waals surface area contributed by atoms with Gasteiger partial charge >= 0.3 is 0 Å². The van der Waals surface area contributed by atoms with E-state index in [4.69, 9.17) is 10.8 Å². The van der Waals surface area contributed by atoms with Crippen LogP contribution in [0.3, 0.4) is 0 Å². The number of benzene rings is 1. The van der Waals surface area contributed by atoms with E-state index in [0.29, 0.717) is 0 Å². The van der Waals surface area contributed by atoms with Crippen molar-refractivity contribution >= 4 is 0 Å². The highest BCUT2D eigenvalue weighted by molar-refractivity contribution is 5.24. The van der Waals surface area contributed by atoms with Crippen molar-refractivity contribution in [3.63, 3.8) is 0 Å². The fourth-order valence-electron chi connectivity index (χ4n) is 0.975. The van der Waals surface area contributed by atoms with Gasteiger partial charge in [-0.15, -0.1) is 0 Å². The lowest BCUT2D eigenvalue weighted by Gasteiger charge is -2.05. The summed E-state index contributed by atoms with van der Waals surface area (Å²) in [5, 5.41) is 8.80. The summed E-state index contributed by atoms with van der Waals surface area (Å²) in [7, 11) is 0. The first-order valence-electron chi connectivity index (χ1n) is 3.69. The molecular weight excluding hydrogens is 138 g/mol. The lowest BCUT2D eigenvalue weighted by Crippen LogP contribution is -2.04. The fourth-order valence-corrected chi connectivity index (χ4v) is 0.975. The lowest BCUT2D eigenvalue weighted by molar-refractivity contribution is 0.281. The molecule has 1 unspecified atom stereocenters. The molecule has 3 N–H and O–H groups in total. The third-order valence-electron chi connectivity index (χ3n) is 1.66. The molecule has 0 spiro atoms. The van der Waals surface area contributed by atoms with Crippen molar-refractivity contribution in [3.05, 3.63) is 35.4 Å². The summed E-state index contributed by atoms with van der Waals surface area (Å²) < 4.78 is 0. The Morgan fingerprint density at radius 3 is 2.82 bits per heavy atom. The second kappa shape index (κ2) is 3.51. The third kappa shape index (κ3) is 2.03. The van der Waals surface area contributed by atoms with Crippen LogP contribution in [0.25, 0.3) is 0 Å². The van der Waals surface area contributed by atoms with Crippen molar-refractivity contribution in [2.24, 2.45) is 5.73 Å². The van der Waals surface area contributed by atoms with Crippen LogP contribution in [0.2, 0.25) is 0 Å². The van der Waals surface area contributed by atoms with E-state index in [9.17, 15) is 0 Å². The molecule has 1 aromatic rings. The highest BCUT2D eigenvalue weighted by atomic mass is 16.3. The van der Waals surface area contributed by atoms with E-state index in [1.807, 2.05) is 31.2 Å². The van der Waals surface area contributed by atoms with Crippen LogP contribution in [-0.4, -0.2) is 5.11 Å². The Balaban J connectivity index is 2.91. The van der Waals surface area contributed by atoms with Crippen molar-refractivity contribution in [2.45, 2.75) is 19.6 Å². The Labute approximate surface area is 66.7 Å². The number of hydrogen-bond donors (Lipinski definition) is 2. The zero-order valence-corrected chi connectivity index (χ0v) is 6.62. The normalized spacial score (nSPS) is 13.0. The molecule has 0 bridgehead atoms. The third-order valence-corrected chi connectivity index (χ3v) is 1.66. The molecular formula is C9H13NO. The minimum Gasteiger partial charge on any atom is -0.392 e. The summed E-state index contributed by atoms with van der Waals surface area (Å²) in [6.45, 7) is 2.01. The number of hydrogen-bond acceptors (Lipinski definition) is 2. The molecule has 0 aliphatic heterocycles. The molecule has 0 radical (unpaired) electrons. The molecule has 0 fully saturated rings. The van der Waals surface area contributed by atoms with E-state index in [0.717, 1.165) is 11.1 Å². The average Bonchev–Trinajstić information content (AvgIpc) is 2.05. The van der Waals surface area contributed by atoms with E-state index in [1.54, 1.807) is 0 Å². The van der Waals surface area contributed by atoms with Crippen LogP contribution < -0.4 is 5.73 Å². The molecule has 0 saturated heterocycles. The molecule has 11 heavy (non-hydrogen) atoms. The van der Waals surface area contributed by atoms with E-state index in [-0.39, 0.29) is 12.6 Å².